The van der Waals surface area contributed by atoms with E-state index >= 15 is 0 Å². The Labute approximate surface area is 132 Å². The highest BCUT2D eigenvalue weighted by Crippen LogP contribution is 2.21. The molecule has 0 aromatic carbocycles. The lowest BCUT2D eigenvalue weighted by Crippen LogP contribution is -2.38. The first-order valence-corrected chi connectivity index (χ1v) is 9.52. The molecule has 0 saturated heterocycles. The van der Waals surface area contributed by atoms with Gasteiger partial charge in [-0.1, -0.05) is 57.8 Å². The fourth-order valence-electron chi connectivity index (χ4n) is 3.57. The van der Waals surface area contributed by atoms with Crippen LogP contribution in [-0.4, -0.2) is 37.1 Å². The van der Waals surface area contributed by atoms with Gasteiger partial charge in [0.15, 0.2) is 0 Å². The third kappa shape index (κ3) is 9.49. The van der Waals surface area contributed by atoms with Gasteiger partial charge in [0.25, 0.3) is 0 Å². The predicted octanol–water partition coefficient (Wildman–Crippen LogP) is 3.66. The van der Waals surface area contributed by atoms with Crippen LogP contribution in [0.5, 0.6) is 0 Å². The minimum Gasteiger partial charge on any atom is -0.330 e. The van der Waals surface area contributed by atoms with E-state index in [1.807, 2.05) is 0 Å². The Hall–Kier alpha value is -0.120. The molecule has 1 rings (SSSR count). The topological polar surface area (TPSA) is 55.3 Å². The fourth-order valence-corrected chi connectivity index (χ4v) is 3.57. The van der Waals surface area contributed by atoms with Gasteiger partial charge in [0.05, 0.1) is 0 Å². The molecule has 3 heteroatoms. The molecule has 0 aromatic heterocycles. The second-order valence-corrected chi connectivity index (χ2v) is 6.73. The molecule has 1 fully saturated rings. The van der Waals surface area contributed by atoms with Gasteiger partial charge < -0.3 is 16.4 Å². The molecule has 0 radical (unpaired) electrons. The van der Waals surface area contributed by atoms with E-state index in [-0.39, 0.29) is 0 Å². The monoisotopic (exact) mass is 297 g/mol. The summed E-state index contributed by atoms with van der Waals surface area (Å²) in [5.74, 6) is 0. The minimum atomic E-state index is 0.780. The summed E-state index contributed by atoms with van der Waals surface area (Å²) >= 11 is 0. The molecule has 0 unspecified atom stereocenters. The van der Waals surface area contributed by atoms with Crippen molar-refractivity contribution in [3.05, 3.63) is 0 Å². The molecule has 1 aliphatic carbocycles. The van der Waals surface area contributed by atoms with Gasteiger partial charge in [-0.25, -0.2) is 0 Å². The van der Waals surface area contributed by atoms with Crippen LogP contribution in [0.1, 0.15) is 83.5 Å². The first-order valence-electron chi connectivity index (χ1n) is 9.52. The van der Waals surface area contributed by atoms with E-state index in [0.717, 1.165) is 32.0 Å². The number of hydrogen-bond donors (Lipinski definition) is 2. The molecule has 21 heavy (non-hydrogen) atoms. The normalized spacial score (nSPS) is 20.1. The second-order valence-electron chi connectivity index (χ2n) is 6.73. The molecular formula is C18H39N3. The zero-order chi connectivity index (χ0) is 15.2. The average Bonchev–Trinajstić information content (AvgIpc) is 2.49. The van der Waals surface area contributed by atoms with Crippen LogP contribution < -0.4 is 11.5 Å². The predicted molar refractivity (Wildman–Crippen MR) is 93.5 cm³/mol. The summed E-state index contributed by atoms with van der Waals surface area (Å²) < 4.78 is 0. The first-order chi connectivity index (χ1) is 10.4. The van der Waals surface area contributed by atoms with E-state index in [2.05, 4.69) is 4.90 Å². The molecule has 0 aliphatic heterocycles. The maximum atomic E-state index is 5.72. The molecular weight excluding hydrogens is 258 g/mol. The summed E-state index contributed by atoms with van der Waals surface area (Å²) in [6.45, 7) is 3.96. The first kappa shape index (κ1) is 18.9. The summed E-state index contributed by atoms with van der Waals surface area (Å²) in [7, 11) is 0. The van der Waals surface area contributed by atoms with Crippen molar-refractivity contribution in [2.75, 3.05) is 26.2 Å². The summed E-state index contributed by atoms with van der Waals surface area (Å²) in [6, 6.07) is 0.780. The SMILES string of the molecule is NCCCN(CCCN)C1CCCCCCCCCCC1. The number of nitrogens with zero attached hydrogens (tertiary/aromatic N) is 1. The van der Waals surface area contributed by atoms with Gasteiger partial charge in [-0.15, -0.1) is 0 Å². The van der Waals surface area contributed by atoms with Crippen molar-refractivity contribution >= 4 is 0 Å². The molecule has 0 spiro atoms. The Kier molecular flexibility index (Phi) is 12.2. The van der Waals surface area contributed by atoms with Crippen molar-refractivity contribution < 1.29 is 0 Å². The van der Waals surface area contributed by atoms with E-state index in [0.29, 0.717) is 0 Å². The standard InChI is InChI=1S/C18H39N3/c19-14-10-16-21(17-11-15-20)18-12-8-6-4-2-1-3-5-7-9-13-18/h18H,1-17,19-20H2. The lowest BCUT2D eigenvalue weighted by atomic mass is 9.96. The van der Waals surface area contributed by atoms with E-state index in [1.165, 1.54) is 83.7 Å². The molecule has 0 bridgehead atoms. The van der Waals surface area contributed by atoms with Crippen molar-refractivity contribution in [2.24, 2.45) is 11.5 Å². The van der Waals surface area contributed by atoms with Crippen LogP contribution in [0.4, 0.5) is 0 Å². The molecule has 0 aromatic rings. The van der Waals surface area contributed by atoms with Crippen LogP contribution in [0, 0.1) is 0 Å². The van der Waals surface area contributed by atoms with E-state index < -0.39 is 0 Å². The lowest BCUT2D eigenvalue weighted by Gasteiger charge is -2.32. The van der Waals surface area contributed by atoms with Crippen LogP contribution in [0.3, 0.4) is 0 Å². The van der Waals surface area contributed by atoms with Crippen LogP contribution in [0.15, 0.2) is 0 Å². The van der Waals surface area contributed by atoms with Gasteiger partial charge >= 0.3 is 0 Å². The van der Waals surface area contributed by atoms with Crippen molar-refractivity contribution in [1.29, 1.82) is 0 Å². The number of rotatable bonds is 7. The summed E-state index contributed by atoms with van der Waals surface area (Å²) in [4.78, 5) is 2.70. The molecule has 126 valence electrons. The highest BCUT2D eigenvalue weighted by atomic mass is 15.1. The maximum Gasteiger partial charge on any atom is 0.00952 e. The third-order valence-corrected chi connectivity index (χ3v) is 4.89. The maximum absolute atomic E-state index is 5.72. The Morgan fingerprint density at radius 2 is 1.00 bits per heavy atom. The van der Waals surface area contributed by atoms with Gasteiger partial charge in [-0.3, -0.25) is 0 Å². The molecule has 0 atom stereocenters. The molecule has 1 aliphatic rings. The quantitative estimate of drug-likeness (QED) is 0.754. The van der Waals surface area contributed by atoms with Crippen LogP contribution in [0.25, 0.3) is 0 Å². The van der Waals surface area contributed by atoms with Gasteiger partial charge in [0.2, 0.25) is 0 Å². The zero-order valence-corrected chi connectivity index (χ0v) is 14.2. The Bertz CT molecular complexity index is 201. The Morgan fingerprint density at radius 3 is 1.38 bits per heavy atom. The number of nitrogens with two attached hydrogens (primary N) is 2. The largest absolute Gasteiger partial charge is 0.330 e. The highest BCUT2D eigenvalue weighted by molar-refractivity contribution is 4.73. The summed E-state index contributed by atoms with van der Waals surface area (Å²) in [5, 5.41) is 0. The Morgan fingerprint density at radius 1 is 0.619 bits per heavy atom. The Balaban J connectivity index is 2.46. The van der Waals surface area contributed by atoms with Gasteiger partial charge in [-0.05, 0) is 51.9 Å². The molecule has 0 amide bonds. The van der Waals surface area contributed by atoms with Gasteiger partial charge in [0.1, 0.15) is 0 Å². The van der Waals surface area contributed by atoms with Crippen molar-refractivity contribution in [3.63, 3.8) is 0 Å². The van der Waals surface area contributed by atoms with Crippen LogP contribution in [0.2, 0.25) is 0 Å². The summed E-state index contributed by atoms with van der Waals surface area (Å²) in [6.07, 6.45) is 17.9. The van der Waals surface area contributed by atoms with Gasteiger partial charge in [-0.2, -0.15) is 0 Å². The third-order valence-electron chi connectivity index (χ3n) is 4.89. The fraction of sp³-hybridized carbons (Fsp3) is 1.00. The average molecular weight is 298 g/mol. The highest BCUT2D eigenvalue weighted by Gasteiger charge is 2.17. The second kappa shape index (κ2) is 13.5. The van der Waals surface area contributed by atoms with Crippen molar-refractivity contribution in [2.45, 2.75) is 89.5 Å². The summed E-state index contributed by atoms with van der Waals surface area (Å²) in [5.41, 5.74) is 11.4. The zero-order valence-electron chi connectivity index (χ0n) is 14.2. The van der Waals surface area contributed by atoms with E-state index in [1.54, 1.807) is 0 Å². The smallest absolute Gasteiger partial charge is 0.00952 e. The molecule has 3 nitrogen and oxygen atoms in total. The van der Waals surface area contributed by atoms with E-state index in [4.69, 9.17) is 11.5 Å². The van der Waals surface area contributed by atoms with Crippen molar-refractivity contribution in [1.82, 2.24) is 4.90 Å². The minimum absolute atomic E-state index is 0.780. The molecule has 0 heterocycles. The molecule has 1 saturated carbocycles. The van der Waals surface area contributed by atoms with Crippen molar-refractivity contribution in [3.8, 4) is 0 Å². The van der Waals surface area contributed by atoms with Crippen LogP contribution in [-0.2, 0) is 0 Å². The van der Waals surface area contributed by atoms with Gasteiger partial charge in [0, 0.05) is 6.04 Å². The van der Waals surface area contributed by atoms with Crippen LogP contribution >= 0.6 is 0 Å². The molecule has 4 N–H and O–H groups in total. The lowest BCUT2D eigenvalue weighted by molar-refractivity contribution is 0.167. The van der Waals surface area contributed by atoms with E-state index in [9.17, 15) is 0 Å². The number of hydrogen-bond acceptors (Lipinski definition) is 3.